The van der Waals surface area contributed by atoms with Gasteiger partial charge in [-0.2, -0.15) is 0 Å². The zero-order chi connectivity index (χ0) is 45.1. The van der Waals surface area contributed by atoms with E-state index in [0.717, 1.165) is 135 Å². The largest absolute Gasteiger partial charge is 0.462 e. The van der Waals surface area contributed by atoms with Gasteiger partial charge in [0.15, 0.2) is 6.10 Å². The molecule has 6 nitrogen and oxygen atoms in total. The van der Waals surface area contributed by atoms with E-state index in [1.54, 1.807) is 0 Å². The number of hydrogen-bond donors (Lipinski definition) is 0. The smallest absolute Gasteiger partial charge is 0.306 e. The maximum absolute atomic E-state index is 12.8. The van der Waals surface area contributed by atoms with Crippen LogP contribution in [0.3, 0.4) is 0 Å². The second kappa shape index (κ2) is 50.2. The van der Waals surface area contributed by atoms with Gasteiger partial charge in [-0.05, 0) is 109 Å². The van der Waals surface area contributed by atoms with Crippen molar-refractivity contribution in [1.29, 1.82) is 0 Å². The van der Waals surface area contributed by atoms with Crippen LogP contribution in [-0.4, -0.2) is 37.2 Å². The van der Waals surface area contributed by atoms with E-state index in [1.165, 1.54) is 57.8 Å². The van der Waals surface area contributed by atoms with Crippen molar-refractivity contribution < 1.29 is 28.6 Å². The van der Waals surface area contributed by atoms with Crippen molar-refractivity contribution in [3.63, 3.8) is 0 Å². The fraction of sp³-hybridized carbons (Fsp3) is 0.696. The molecule has 0 aliphatic heterocycles. The van der Waals surface area contributed by atoms with Gasteiger partial charge in [-0.1, -0.05) is 189 Å². The first-order valence-corrected chi connectivity index (χ1v) is 25.6. The topological polar surface area (TPSA) is 78.9 Å². The summed E-state index contributed by atoms with van der Waals surface area (Å²) in [6.45, 7) is 6.36. The average Bonchev–Trinajstić information content (AvgIpc) is 3.27. The van der Waals surface area contributed by atoms with Crippen LogP contribution in [0, 0.1) is 0 Å². The molecule has 1 atom stereocenters. The van der Waals surface area contributed by atoms with Crippen LogP contribution in [-0.2, 0) is 28.6 Å². The molecule has 0 spiro atoms. The Balaban J connectivity index is 4.46. The van der Waals surface area contributed by atoms with Gasteiger partial charge in [0, 0.05) is 19.3 Å². The van der Waals surface area contributed by atoms with E-state index < -0.39 is 6.10 Å². The first-order valence-electron chi connectivity index (χ1n) is 25.6. The molecule has 0 saturated heterocycles. The minimum Gasteiger partial charge on any atom is -0.462 e. The van der Waals surface area contributed by atoms with Crippen LogP contribution < -0.4 is 0 Å². The summed E-state index contributed by atoms with van der Waals surface area (Å²) in [6.07, 6.45) is 64.2. The Labute approximate surface area is 382 Å². The van der Waals surface area contributed by atoms with Crippen molar-refractivity contribution >= 4 is 17.9 Å². The molecule has 0 aromatic carbocycles. The summed E-state index contributed by atoms with van der Waals surface area (Å²) in [5.41, 5.74) is 0. The molecule has 0 heterocycles. The molecule has 0 fully saturated rings. The van der Waals surface area contributed by atoms with Gasteiger partial charge < -0.3 is 14.2 Å². The lowest BCUT2D eigenvalue weighted by Crippen LogP contribution is -2.30. The van der Waals surface area contributed by atoms with E-state index in [9.17, 15) is 14.4 Å². The Morgan fingerprint density at radius 1 is 0.339 bits per heavy atom. The lowest BCUT2D eigenvalue weighted by Gasteiger charge is -2.18. The number of carbonyl (C=O) groups excluding carboxylic acids is 3. The van der Waals surface area contributed by atoms with Crippen LogP contribution in [0.15, 0.2) is 85.1 Å². The normalized spacial score (nSPS) is 12.8. The Morgan fingerprint density at radius 2 is 0.629 bits per heavy atom. The minimum absolute atomic E-state index is 0.0982. The summed E-state index contributed by atoms with van der Waals surface area (Å²) in [6, 6.07) is 0. The third kappa shape index (κ3) is 47.6. The van der Waals surface area contributed by atoms with Crippen LogP contribution in [0.1, 0.15) is 233 Å². The van der Waals surface area contributed by atoms with Crippen LogP contribution in [0.4, 0.5) is 0 Å². The van der Waals surface area contributed by atoms with Crippen molar-refractivity contribution in [3.05, 3.63) is 85.1 Å². The molecule has 6 heteroatoms. The Bertz CT molecular complexity index is 1220. The second-order valence-electron chi connectivity index (χ2n) is 16.7. The predicted octanol–water partition coefficient (Wildman–Crippen LogP) is 16.8. The van der Waals surface area contributed by atoms with Crippen LogP contribution in [0.2, 0.25) is 0 Å². The summed E-state index contributed by atoms with van der Waals surface area (Å²) >= 11 is 0. The van der Waals surface area contributed by atoms with Gasteiger partial charge in [-0.3, -0.25) is 14.4 Å². The molecule has 0 rings (SSSR count). The highest BCUT2D eigenvalue weighted by atomic mass is 16.6. The number of allylic oxidation sites excluding steroid dienone is 14. The SMILES string of the molecule is CC/C=C\C/C=C\C/C=C\C/C=C\CCCCCC(=O)OCC(COC(=O)CCCCCCC/C=C\C/C=C\CC)OC(=O)CCCCCCC/C=C\CCCCCCCCC. The van der Waals surface area contributed by atoms with Gasteiger partial charge >= 0.3 is 17.9 Å². The highest BCUT2D eigenvalue weighted by Gasteiger charge is 2.19. The molecule has 0 aliphatic rings. The lowest BCUT2D eigenvalue weighted by molar-refractivity contribution is -0.167. The number of carbonyl (C=O) groups is 3. The Hall–Kier alpha value is -3.41. The van der Waals surface area contributed by atoms with Gasteiger partial charge in [0.1, 0.15) is 13.2 Å². The number of ether oxygens (including phenoxy) is 3. The second-order valence-corrected chi connectivity index (χ2v) is 16.7. The van der Waals surface area contributed by atoms with E-state index >= 15 is 0 Å². The first-order chi connectivity index (χ1) is 30.5. The van der Waals surface area contributed by atoms with E-state index in [4.69, 9.17) is 14.2 Å². The van der Waals surface area contributed by atoms with Gasteiger partial charge in [0.05, 0.1) is 0 Å². The number of esters is 3. The average molecular weight is 863 g/mol. The molecular weight excluding hydrogens is 769 g/mol. The zero-order valence-corrected chi connectivity index (χ0v) is 40.4. The summed E-state index contributed by atoms with van der Waals surface area (Å²) in [5, 5.41) is 0. The molecule has 0 saturated carbocycles. The number of rotatable bonds is 45. The van der Waals surface area contributed by atoms with Crippen molar-refractivity contribution in [2.24, 2.45) is 0 Å². The third-order valence-electron chi connectivity index (χ3n) is 10.6. The fourth-order valence-electron chi connectivity index (χ4n) is 6.82. The molecule has 0 N–H and O–H groups in total. The van der Waals surface area contributed by atoms with Crippen molar-refractivity contribution in [2.75, 3.05) is 13.2 Å². The Morgan fingerprint density at radius 3 is 1.02 bits per heavy atom. The van der Waals surface area contributed by atoms with E-state index in [0.29, 0.717) is 19.3 Å². The highest BCUT2D eigenvalue weighted by Crippen LogP contribution is 2.13. The molecule has 0 radical (unpaired) electrons. The molecule has 0 aliphatic carbocycles. The third-order valence-corrected chi connectivity index (χ3v) is 10.6. The summed E-state index contributed by atoms with van der Waals surface area (Å²) in [5.74, 6) is -0.954. The molecule has 0 amide bonds. The maximum Gasteiger partial charge on any atom is 0.306 e. The van der Waals surface area contributed by atoms with E-state index in [2.05, 4.69) is 106 Å². The van der Waals surface area contributed by atoms with E-state index in [-0.39, 0.29) is 31.1 Å². The summed E-state index contributed by atoms with van der Waals surface area (Å²) < 4.78 is 16.7. The van der Waals surface area contributed by atoms with Crippen LogP contribution >= 0.6 is 0 Å². The standard InChI is InChI=1S/C56H94O6/c1-4-7-10-13-16-19-22-25-27-29-31-34-37-40-43-46-49-55(58)61-52-53(51-60-54(57)48-45-42-39-36-33-24-21-18-15-12-9-6-3)62-56(59)50-47-44-41-38-35-32-30-28-26-23-20-17-14-11-8-5-2/h7,9-10,12,16,18-19,21,25,27-28,30-31,34,53H,4-6,8,11,13-15,17,20,22-24,26,29,32-33,35-52H2,1-3H3/b10-7-,12-9-,19-16-,21-18-,27-25-,30-28-,34-31-. The van der Waals surface area contributed by atoms with Crippen LogP contribution in [0.5, 0.6) is 0 Å². The van der Waals surface area contributed by atoms with Crippen molar-refractivity contribution in [1.82, 2.24) is 0 Å². The summed E-state index contributed by atoms with van der Waals surface area (Å²) in [7, 11) is 0. The molecular formula is C56H94O6. The molecule has 354 valence electrons. The van der Waals surface area contributed by atoms with Gasteiger partial charge in [0.2, 0.25) is 0 Å². The molecule has 0 aromatic heterocycles. The maximum atomic E-state index is 12.8. The molecule has 0 bridgehead atoms. The van der Waals surface area contributed by atoms with Crippen molar-refractivity contribution in [3.8, 4) is 0 Å². The lowest BCUT2D eigenvalue weighted by atomic mass is 10.1. The molecule has 1 unspecified atom stereocenters. The number of hydrogen-bond acceptors (Lipinski definition) is 6. The van der Waals surface area contributed by atoms with Gasteiger partial charge in [0.25, 0.3) is 0 Å². The fourth-order valence-corrected chi connectivity index (χ4v) is 6.82. The van der Waals surface area contributed by atoms with Crippen molar-refractivity contribution in [2.45, 2.75) is 239 Å². The van der Waals surface area contributed by atoms with Crippen LogP contribution in [0.25, 0.3) is 0 Å². The zero-order valence-electron chi connectivity index (χ0n) is 40.4. The monoisotopic (exact) mass is 863 g/mol. The Kier molecular flexibility index (Phi) is 47.5. The minimum atomic E-state index is -0.799. The summed E-state index contributed by atoms with van der Waals surface area (Å²) in [4.78, 5) is 37.9. The quantitative estimate of drug-likeness (QED) is 0.0263. The van der Waals surface area contributed by atoms with Gasteiger partial charge in [-0.15, -0.1) is 0 Å². The number of unbranched alkanes of at least 4 members (excludes halogenated alkanes) is 20. The van der Waals surface area contributed by atoms with E-state index in [1.807, 2.05) is 0 Å². The first kappa shape index (κ1) is 58.6. The molecule has 62 heavy (non-hydrogen) atoms. The highest BCUT2D eigenvalue weighted by molar-refractivity contribution is 5.71. The predicted molar refractivity (Wildman–Crippen MR) is 265 cm³/mol. The van der Waals surface area contributed by atoms with Gasteiger partial charge in [-0.25, -0.2) is 0 Å². The molecule has 0 aromatic rings.